The van der Waals surface area contributed by atoms with E-state index in [9.17, 15) is 4.79 Å². The van der Waals surface area contributed by atoms with Crippen LogP contribution in [0.3, 0.4) is 0 Å². The summed E-state index contributed by atoms with van der Waals surface area (Å²) in [4.78, 5) is 12.3. The highest BCUT2D eigenvalue weighted by molar-refractivity contribution is 6.02. The van der Waals surface area contributed by atoms with E-state index in [0.29, 0.717) is 23.0 Å². The van der Waals surface area contributed by atoms with Gasteiger partial charge in [-0.15, -0.1) is 5.10 Å². The smallest absolute Gasteiger partial charge is 0.248 e. The number of benzene rings is 2. The van der Waals surface area contributed by atoms with Gasteiger partial charge in [-0.25, -0.2) is 0 Å². The Kier molecular flexibility index (Phi) is 5.69. The molecule has 0 aliphatic heterocycles. The van der Waals surface area contributed by atoms with Gasteiger partial charge in [0.15, 0.2) is 5.82 Å². The molecule has 3 aromatic rings. The van der Waals surface area contributed by atoms with Crippen molar-refractivity contribution >= 4 is 17.7 Å². The number of anilines is 1. The minimum atomic E-state index is -0.263. The number of hydrogen-bond acceptors (Lipinski definition) is 6. The molecule has 0 spiro atoms. The van der Waals surface area contributed by atoms with Crippen molar-refractivity contribution in [2.75, 3.05) is 19.5 Å². The van der Waals surface area contributed by atoms with Crippen LogP contribution in [0.5, 0.6) is 11.5 Å². The maximum absolute atomic E-state index is 12.3. The van der Waals surface area contributed by atoms with E-state index in [1.54, 1.807) is 37.1 Å². The molecule has 0 unspecified atom stereocenters. The van der Waals surface area contributed by atoms with Gasteiger partial charge in [-0.3, -0.25) is 4.79 Å². The first-order chi connectivity index (χ1) is 13.5. The van der Waals surface area contributed by atoms with Crippen LogP contribution in [0.25, 0.3) is 11.8 Å². The maximum atomic E-state index is 12.3. The minimum absolute atomic E-state index is 0.263. The van der Waals surface area contributed by atoms with Crippen LogP contribution >= 0.6 is 0 Å². The van der Waals surface area contributed by atoms with Crippen molar-refractivity contribution in [3.05, 3.63) is 59.4 Å². The van der Waals surface area contributed by atoms with E-state index in [1.165, 1.54) is 6.08 Å². The molecule has 0 atom stereocenters. The van der Waals surface area contributed by atoms with Crippen LogP contribution in [0.2, 0.25) is 0 Å². The second-order valence-corrected chi connectivity index (χ2v) is 6.07. The van der Waals surface area contributed by atoms with Crippen molar-refractivity contribution in [1.82, 2.24) is 20.2 Å². The first-order valence-electron chi connectivity index (χ1n) is 8.59. The normalized spacial score (nSPS) is 10.9. The molecule has 0 fully saturated rings. The van der Waals surface area contributed by atoms with Gasteiger partial charge in [0.05, 0.1) is 19.9 Å². The van der Waals surface area contributed by atoms with Gasteiger partial charge in [0.1, 0.15) is 11.5 Å². The number of amides is 1. The molecule has 1 N–H and O–H groups in total. The summed E-state index contributed by atoms with van der Waals surface area (Å²) >= 11 is 0. The highest BCUT2D eigenvalue weighted by Crippen LogP contribution is 2.25. The second kappa shape index (κ2) is 8.34. The van der Waals surface area contributed by atoms with Crippen LogP contribution in [0.15, 0.2) is 42.5 Å². The lowest BCUT2D eigenvalue weighted by Crippen LogP contribution is -2.09. The van der Waals surface area contributed by atoms with E-state index < -0.39 is 0 Å². The van der Waals surface area contributed by atoms with Crippen molar-refractivity contribution in [1.29, 1.82) is 0 Å². The zero-order valence-corrected chi connectivity index (χ0v) is 16.1. The van der Waals surface area contributed by atoms with Crippen LogP contribution in [0.1, 0.15) is 17.0 Å². The topological polar surface area (TPSA) is 91.2 Å². The van der Waals surface area contributed by atoms with E-state index in [0.717, 1.165) is 16.8 Å². The van der Waals surface area contributed by atoms with E-state index in [2.05, 4.69) is 20.8 Å². The maximum Gasteiger partial charge on any atom is 0.248 e. The Labute approximate surface area is 162 Å². The number of nitrogens with one attached hydrogen (secondary N) is 1. The van der Waals surface area contributed by atoms with Crippen LogP contribution in [-0.4, -0.2) is 40.3 Å². The number of methoxy groups -OCH3 is 2. The van der Waals surface area contributed by atoms with E-state index in [4.69, 9.17) is 9.47 Å². The molecule has 2 aromatic carbocycles. The fourth-order valence-corrected chi connectivity index (χ4v) is 2.68. The number of aryl methyl sites for hydroxylation is 2. The molecule has 8 nitrogen and oxygen atoms in total. The number of carbonyl (C=O) groups excluding carboxylic acids is 1. The summed E-state index contributed by atoms with van der Waals surface area (Å²) in [6.45, 7) is 3.77. The number of tetrazole rings is 1. The SMILES string of the molecule is COc1ccc(/C=C/C(=O)Nc2ccc(C)c(-n3nnnc3C)c2)c(OC)c1. The summed E-state index contributed by atoms with van der Waals surface area (Å²) in [5.41, 5.74) is 3.22. The lowest BCUT2D eigenvalue weighted by atomic mass is 10.1. The van der Waals surface area contributed by atoms with Gasteiger partial charge in [0.2, 0.25) is 5.91 Å². The third-order valence-electron chi connectivity index (χ3n) is 4.19. The summed E-state index contributed by atoms with van der Waals surface area (Å²) in [7, 11) is 3.16. The third kappa shape index (κ3) is 4.17. The Bertz CT molecular complexity index is 1030. The molecule has 144 valence electrons. The molecule has 1 amide bonds. The molecule has 8 heteroatoms. The Hall–Kier alpha value is -3.68. The van der Waals surface area contributed by atoms with Crippen LogP contribution in [-0.2, 0) is 4.79 Å². The predicted octanol–water partition coefficient (Wildman–Crippen LogP) is 2.95. The van der Waals surface area contributed by atoms with Crippen molar-refractivity contribution in [3.63, 3.8) is 0 Å². The molecule has 1 aromatic heterocycles. The molecule has 0 aliphatic rings. The number of ether oxygens (including phenoxy) is 2. The fourth-order valence-electron chi connectivity index (χ4n) is 2.68. The van der Waals surface area contributed by atoms with Crippen LogP contribution in [0.4, 0.5) is 5.69 Å². The van der Waals surface area contributed by atoms with Gasteiger partial charge >= 0.3 is 0 Å². The molecule has 0 radical (unpaired) electrons. The van der Waals surface area contributed by atoms with Gasteiger partial charge in [-0.1, -0.05) is 6.07 Å². The Morgan fingerprint density at radius 2 is 1.93 bits per heavy atom. The number of hydrogen-bond donors (Lipinski definition) is 1. The average Bonchev–Trinajstić information content (AvgIpc) is 3.13. The van der Waals surface area contributed by atoms with Crippen molar-refractivity contribution in [2.45, 2.75) is 13.8 Å². The molecule has 1 heterocycles. The molecule has 0 aliphatic carbocycles. The minimum Gasteiger partial charge on any atom is -0.497 e. The predicted molar refractivity (Wildman–Crippen MR) is 106 cm³/mol. The van der Waals surface area contributed by atoms with Gasteiger partial charge in [-0.05, 0) is 60.2 Å². The first kappa shape index (κ1) is 19.1. The summed E-state index contributed by atoms with van der Waals surface area (Å²) in [5.74, 6) is 1.71. The van der Waals surface area contributed by atoms with E-state index in [-0.39, 0.29) is 5.91 Å². The molecule has 0 saturated heterocycles. The Morgan fingerprint density at radius 1 is 1.11 bits per heavy atom. The van der Waals surface area contributed by atoms with Gasteiger partial charge in [0.25, 0.3) is 0 Å². The first-order valence-corrected chi connectivity index (χ1v) is 8.59. The fraction of sp³-hybridized carbons (Fsp3) is 0.200. The number of rotatable bonds is 6. The number of carbonyl (C=O) groups is 1. The van der Waals surface area contributed by atoms with Crippen molar-refractivity contribution < 1.29 is 14.3 Å². The van der Waals surface area contributed by atoms with Crippen LogP contribution in [0, 0.1) is 13.8 Å². The molecule has 3 rings (SSSR count). The molecular weight excluding hydrogens is 358 g/mol. The summed E-state index contributed by atoms with van der Waals surface area (Å²) in [6, 6.07) is 11.0. The monoisotopic (exact) mass is 379 g/mol. The highest BCUT2D eigenvalue weighted by Gasteiger charge is 2.09. The third-order valence-corrected chi connectivity index (χ3v) is 4.19. The lowest BCUT2D eigenvalue weighted by molar-refractivity contribution is -0.111. The van der Waals surface area contributed by atoms with Crippen LogP contribution < -0.4 is 14.8 Å². The zero-order valence-electron chi connectivity index (χ0n) is 16.1. The number of nitrogens with zero attached hydrogens (tertiary/aromatic N) is 4. The molecular formula is C20H21N5O3. The van der Waals surface area contributed by atoms with E-state index >= 15 is 0 Å². The number of aromatic nitrogens is 4. The van der Waals surface area contributed by atoms with Gasteiger partial charge in [0, 0.05) is 23.4 Å². The van der Waals surface area contributed by atoms with Crippen molar-refractivity contribution in [3.8, 4) is 17.2 Å². The Balaban J connectivity index is 1.77. The summed E-state index contributed by atoms with van der Waals surface area (Å²) in [6.07, 6.45) is 3.14. The molecule has 28 heavy (non-hydrogen) atoms. The standard InChI is InChI=1S/C20H21N5O3/c1-13-5-8-16(11-18(13)25-14(2)22-23-24-25)21-20(26)10-7-15-6-9-17(27-3)12-19(15)28-4/h5-12H,1-4H3,(H,21,26)/b10-7+. The average molecular weight is 379 g/mol. The zero-order chi connectivity index (χ0) is 20.1. The molecule has 0 bridgehead atoms. The molecule has 0 saturated carbocycles. The van der Waals surface area contributed by atoms with Gasteiger partial charge < -0.3 is 14.8 Å². The van der Waals surface area contributed by atoms with Crippen molar-refractivity contribution in [2.24, 2.45) is 0 Å². The highest BCUT2D eigenvalue weighted by atomic mass is 16.5. The Morgan fingerprint density at radius 3 is 2.61 bits per heavy atom. The second-order valence-electron chi connectivity index (χ2n) is 6.07. The summed E-state index contributed by atoms with van der Waals surface area (Å²) < 4.78 is 12.1. The lowest BCUT2D eigenvalue weighted by Gasteiger charge is -2.10. The van der Waals surface area contributed by atoms with Gasteiger partial charge in [-0.2, -0.15) is 4.68 Å². The summed E-state index contributed by atoms with van der Waals surface area (Å²) in [5, 5.41) is 14.4. The largest absolute Gasteiger partial charge is 0.497 e. The van der Waals surface area contributed by atoms with E-state index in [1.807, 2.05) is 38.1 Å². The quantitative estimate of drug-likeness (QED) is 0.662.